The van der Waals surface area contributed by atoms with Crippen LogP contribution in [0.1, 0.15) is 57.5 Å². The van der Waals surface area contributed by atoms with Crippen molar-refractivity contribution in [3.05, 3.63) is 64.7 Å². The average molecular weight is 379 g/mol. The lowest BCUT2D eigenvalue weighted by molar-refractivity contribution is -0.175. The highest BCUT2D eigenvalue weighted by Gasteiger charge is 2.48. The lowest BCUT2D eigenvalue weighted by Gasteiger charge is -2.29. The predicted molar refractivity (Wildman–Crippen MR) is 101 cm³/mol. The van der Waals surface area contributed by atoms with Gasteiger partial charge in [-0.3, -0.25) is 9.59 Å². The number of carbonyl (C=O) groups excluding carboxylic acids is 3. The van der Waals surface area contributed by atoms with Crippen LogP contribution in [0, 0.1) is 6.92 Å². The molecule has 0 unspecified atom stereocenters. The second-order valence-corrected chi connectivity index (χ2v) is 7.30. The fourth-order valence-electron chi connectivity index (χ4n) is 4.13. The minimum Gasteiger partial charge on any atom is -0.496 e. The van der Waals surface area contributed by atoms with Crippen molar-refractivity contribution in [1.82, 2.24) is 5.06 Å². The summed E-state index contributed by atoms with van der Waals surface area (Å²) in [7, 11) is 1.59. The number of methoxy groups -OCH3 is 1. The van der Waals surface area contributed by atoms with E-state index < -0.39 is 23.2 Å². The maximum Gasteiger partial charge on any atom is 0.343 e. The Balaban J connectivity index is 1.66. The molecule has 0 bridgehead atoms. The van der Waals surface area contributed by atoms with E-state index in [2.05, 4.69) is 0 Å². The fraction of sp³-hybridized carbons (Fsp3) is 0.318. The Morgan fingerprint density at radius 2 is 1.61 bits per heavy atom. The third kappa shape index (κ3) is 2.68. The van der Waals surface area contributed by atoms with Crippen molar-refractivity contribution >= 4 is 17.8 Å². The monoisotopic (exact) mass is 379 g/mol. The number of aryl methyl sites for hydroxylation is 1. The van der Waals surface area contributed by atoms with Gasteiger partial charge in [-0.25, -0.2) is 4.79 Å². The van der Waals surface area contributed by atoms with Crippen molar-refractivity contribution in [3.8, 4) is 5.75 Å². The van der Waals surface area contributed by atoms with Crippen molar-refractivity contribution in [2.45, 2.75) is 38.0 Å². The van der Waals surface area contributed by atoms with Crippen LogP contribution >= 0.6 is 0 Å². The minimum atomic E-state index is -0.893. The lowest BCUT2D eigenvalue weighted by atomic mass is 9.78. The van der Waals surface area contributed by atoms with Gasteiger partial charge in [0.15, 0.2) is 0 Å². The van der Waals surface area contributed by atoms with Gasteiger partial charge >= 0.3 is 5.97 Å². The first-order valence-electron chi connectivity index (χ1n) is 9.33. The molecule has 2 aliphatic rings. The van der Waals surface area contributed by atoms with E-state index in [0.29, 0.717) is 23.7 Å². The molecular weight excluding hydrogens is 358 g/mol. The molecule has 0 radical (unpaired) electrons. The largest absolute Gasteiger partial charge is 0.496 e. The Morgan fingerprint density at radius 3 is 2.18 bits per heavy atom. The first kappa shape index (κ1) is 18.2. The molecule has 0 aromatic heterocycles. The molecule has 28 heavy (non-hydrogen) atoms. The van der Waals surface area contributed by atoms with E-state index in [1.54, 1.807) is 31.4 Å². The van der Waals surface area contributed by atoms with E-state index in [1.807, 2.05) is 25.1 Å². The Kier molecular flexibility index (Phi) is 4.41. The fourth-order valence-corrected chi connectivity index (χ4v) is 4.13. The highest BCUT2D eigenvalue weighted by Crippen LogP contribution is 2.44. The summed E-state index contributed by atoms with van der Waals surface area (Å²) in [5, 5.41) is 0.596. The molecule has 2 aromatic rings. The normalized spacial score (nSPS) is 17.6. The second kappa shape index (κ2) is 6.78. The van der Waals surface area contributed by atoms with Crippen LogP contribution in [0.15, 0.2) is 42.5 Å². The Morgan fingerprint density at radius 1 is 1.00 bits per heavy atom. The van der Waals surface area contributed by atoms with E-state index in [0.717, 1.165) is 24.0 Å². The summed E-state index contributed by atoms with van der Waals surface area (Å²) in [5.41, 5.74) is 1.36. The van der Waals surface area contributed by atoms with E-state index in [9.17, 15) is 14.4 Å². The molecule has 0 N–H and O–H groups in total. The van der Waals surface area contributed by atoms with Crippen LogP contribution in [0.4, 0.5) is 0 Å². The van der Waals surface area contributed by atoms with E-state index in [4.69, 9.17) is 9.57 Å². The van der Waals surface area contributed by atoms with Crippen LogP contribution in [0.2, 0.25) is 0 Å². The number of imide groups is 1. The minimum absolute atomic E-state index is 0.248. The second-order valence-electron chi connectivity index (χ2n) is 7.30. The van der Waals surface area contributed by atoms with Gasteiger partial charge in [-0.15, -0.1) is 0 Å². The number of ether oxygens (including phenoxy) is 1. The Hall–Kier alpha value is -3.15. The maximum absolute atomic E-state index is 13.2. The molecule has 2 amide bonds. The van der Waals surface area contributed by atoms with Gasteiger partial charge in [0.25, 0.3) is 11.8 Å². The summed E-state index contributed by atoms with van der Waals surface area (Å²) < 4.78 is 5.41. The van der Waals surface area contributed by atoms with Crippen molar-refractivity contribution < 1.29 is 24.0 Å². The molecule has 1 saturated carbocycles. The van der Waals surface area contributed by atoms with Gasteiger partial charge in [0, 0.05) is 0 Å². The number of carbonyl (C=O) groups is 3. The number of nitrogens with zero attached hydrogens (tertiary/aromatic N) is 1. The first-order chi connectivity index (χ1) is 13.5. The molecule has 0 saturated heterocycles. The van der Waals surface area contributed by atoms with E-state index in [1.165, 1.54) is 0 Å². The maximum atomic E-state index is 13.2. The molecule has 1 fully saturated rings. The van der Waals surface area contributed by atoms with Gasteiger partial charge in [0.05, 0.1) is 23.7 Å². The van der Waals surface area contributed by atoms with Gasteiger partial charge in [0.2, 0.25) is 0 Å². The molecule has 1 aliphatic carbocycles. The summed E-state index contributed by atoms with van der Waals surface area (Å²) in [4.78, 5) is 43.8. The average Bonchev–Trinajstić information content (AvgIpc) is 3.30. The van der Waals surface area contributed by atoms with E-state index in [-0.39, 0.29) is 11.1 Å². The molecule has 6 nitrogen and oxygen atoms in total. The van der Waals surface area contributed by atoms with Crippen molar-refractivity contribution in [1.29, 1.82) is 0 Å². The number of hydroxylamine groups is 2. The molecular formula is C22H21NO5. The van der Waals surface area contributed by atoms with Crippen molar-refractivity contribution in [3.63, 3.8) is 0 Å². The standard InChI is InChI=1S/C22H21NO5/c1-14-9-10-15(13-18(14)27-2)22(11-5-6-12-22)21(26)28-23-19(24)16-7-3-4-8-17(16)20(23)25/h3-4,7-10,13H,5-6,11-12H2,1-2H3. The predicted octanol–water partition coefficient (Wildman–Crippen LogP) is 3.57. The highest BCUT2D eigenvalue weighted by molar-refractivity contribution is 6.21. The molecule has 6 heteroatoms. The summed E-state index contributed by atoms with van der Waals surface area (Å²) >= 11 is 0. The van der Waals surface area contributed by atoms with Gasteiger partial charge in [-0.2, -0.15) is 0 Å². The molecule has 1 aliphatic heterocycles. The van der Waals surface area contributed by atoms with Gasteiger partial charge in [0.1, 0.15) is 5.75 Å². The zero-order valence-corrected chi connectivity index (χ0v) is 15.9. The van der Waals surface area contributed by atoms with Gasteiger partial charge < -0.3 is 9.57 Å². The van der Waals surface area contributed by atoms with Crippen LogP contribution in [0.25, 0.3) is 0 Å². The quantitative estimate of drug-likeness (QED) is 0.760. The van der Waals surface area contributed by atoms with Gasteiger partial charge in [-0.1, -0.05) is 42.2 Å². The number of benzene rings is 2. The van der Waals surface area contributed by atoms with Crippen LogP contribution in [0.5, 0.6) is 5.75 Å². The van der Waals surface area contributed by atoms with Crippen LogP contribution in [-0.4, -0.2) is 30.0 Å². The number of fused-ring (bicyclic) bond motifs is 1. The van der Waals surface area contributed by atoms with Crippen LogP contribution in [0.3, 0.4) is 0 Å². The van der Waals surface area contributed by atoms with E-state index >= 15 is 0 Å². The van der Waals surface area contributed by atoms with Crippen LogP contribution in [-0.2, 0) is 15.0 Å². The molecule has 0 spiro atoms. The number of amides is 2. The van der Waals surface area contributed by atoms with Crippen molar-refractivity contribution in [2.24, 2.45) is 0 Å². The molecule has 4 rings (SSSR count). The number of hydrogen-bond acceptors (Lipinski definition) is 5. The number of hydrogen-bond donors (Lipinski definition) is 0. The summed E-state index contributed by atoms with van der Waals surface area (Å²) in [6, 6.07) is 12.1. The highest BCUT2D eigenvalue weighted by atomic mass is 16.7. The topological polar surface area (TPSA) is 72.9 Å². The third-order valence-electron chi connectivity index (χ3n) is 5.74. The Bertz CT molecular complexity index is 940. The summed E-state index contributed by atoms with van der Waals surface area (Å²) in [6.45, 7) is 1.93. The zero-order chi connectivity index (χ0) is 19.9. The summed E-state index contributed by atoms with van der Waals surface area (Å²) in [6.07, 6.45) is 2.93. The first-order valence-corrected chi connectivity index (χ1v) is 9.33. The van der Waals surface area contributed by atoms with Gasteiger partial charge in [-0.05, 0) is 49.1 Å². The zero-order valence-electron chi connectivity index (χ0n) is 15.9. The third-order valence-corrected chi connectivity index (χ3v) is 5.74. The number of rotatable bonds is 4. The smallest absolute Gasteiger partial charge is 0.343 e. The molecule has 2 aromatic carbocycles. The summed E-state index contributed by atoms with van der Waals surface area (Å²) in [5.74, 6) is -1.10. The molecule has 1 heterocycles. The molecule has 144 valence electrons. The Labute approximate surface area is 163 Å². The SMILES string of the molecule is COc1cc(C2(C(=O)ON3C(=O)c4ccccc4C3=O)CCCC2)ccc1C. The van der Waals surface area contributed by atoms with Crippen molar-refractivity contribution in [2.75, 3.05) is 7.11 Å². The lowest BCUT2D eigenvalue weighted by Crippen LogP contribution is -2.42. The van der Waals surface area contributed by atoms with Crippen LogP contribution < -0.4 is 4.74 Å². The molecule has 0 atom stereocenters.